The molecule has 100 valence electrons. The summed E-state index contributed by atoms with van der Waals surface area (Å²) in [5.74, 6) is 1.10. The summed E-state index contributed by atoms with van der Waals surface area (Å²) in [5.41, 5.74) is 3.05. The van der Waals surface area contributed by atoms with E-state index in [0.717, 1.165) is 23.4 Å². The second-order valence-electron chi connectivity index (χ2n) is 5.69. The molecule has 0 radical (unpaired) electrons. The Morgan fingerprint density at radius 2 is 2.00 bits per heavy atom. The third kappa shape index (κ3) is 2.74. The van der Waals surface area contributed by atoms with Gasteiger partial charge in [-0.05, 0) is 38.2 Å². The van der Waals surface area contributed by atoms with Crippen molar-refractivity contribution in [3.05, 3.63) is 29.1 Å². The van der Waals surface area contributed by atoms with Crippen LogP contribution < -0.4 is 0 Å². The quantitative estimate of drug-likeness (QED) is 0.877. The minimum absolute atomic E-state index is 0.330. The van der Waals surface area contributed by atoms with Crippen molar-refractivity contribution in [3.63, 3.8) is 0 Å². The topological polar surface area (TPSA) is 33.1 Å². The van der Waals surface area contributed by atoms with Crippen LogP contribution in [0.2, 0.25) is 0 Å². The molecule has 2 heteroatoms. The van der Waals surface area contributed by atoms with Crippen LogP contribution >= 0.6 is 0 Å². The molecule has 0 spiro atoms. The first-order chi connectivity index (χ1) is 8.63. The maximum absolute atomic E-state index is 10.7. The molecule has 1 heterocycles. The minimum Gasteiger partial charge on any atom is -0.388 e. The number of hydrogen-bond donors (Lipinski definition) is 1. The average molecular weight is 247 g/mol. The van der Waals surface area contributed by atoms with Gasteiger partial charge in [0.1, 0.15) is 0 Å². The Balaban J connectivity index is 2.20. The van der Waals surface area contributed by atoms with Crippen LogP contribution in [0.5, 0.6) is 0 Å². The highest BCUT2D eigenvalue weighted by Gasteiger charge is 2.31. The number of nitrogens with zero attached hydrogens (tertiary/aromatic N) is 1. The van der Waals surface area contributed by atoms with Gasteiger partial charge >= 0.3 is 0 Å². The first-order valence-corrected chi connectivity index (χ1v) is 7.25. The van der Waals surface area contributed by atoms with Crippen LogP contribution in [-0.4, -0.2) is 10.1 Å². The monoisotopic (exact) mass is 247 g/mol. The molecule has 3 unspecified atom stereocenters. The van der Waals surface area contributed by atoms with E-state index in [1.807, 2.05) is 19.9 Å². The van der Waals surface area contributed by atoms with Crippen molar-refractivity contribution in [2.24, 2.45) is 11.8 Å². The molecule has 2 rings (SSSR count). The maximum atomic E-state index is 10.7. The van der Waals surface area contributed by atoms with Crippen molar-refractivity contribution in [3.8, 4) is 0 Å². The molecular weight excluding hydrogens is 222 g/mol. The predicted molar refractivity (Wildman–Crippen MR) is 74.4 cm³/mol. The molecule has 0 aliphatic heterocycles. The third-order valence-corrected chi connectivity index (χ3v) is 4.48. The highest BCUT2D eigenvalue weighted by Crippen LogP contribution is 2.40. The molecule has 2 nitrogen and oxygen atoms in total. The highest BCUT2D eigenvalue weighted by atomic mass is 16.3. The number of rotatable bonds is 3. The lowest BCUT2D eigenvalue weighted by molar-refractivity contribution is 0.0445. The summed E-state index contributed by atoms with van der Waals surface area (Å²) in [5, 5.41) is 10.7. The van der Waals surface area contributed by atoms with E-state index in [9.17, 15) is 5.11 Å². The fraction of sp³-hybridized carbons (Fsp3) is 0.688. The molecule has 1 aromatic rings. The Labute approximate surface area is 110 Å². The Morgan fingerprint density at radius 3 is 2.67 bits per heavy atom. The van der Waals surface area contributed by atoms with E-state index in [4.69, 9.17) is 0 Å². The zero-order valence-corrected chi connectivity index (χ0v) is 11.8. The number of pyridine rings is 1. The second kappa shape index (κ2) is 5.83. The number of hydrogen-bond acceptors (Lipinski definition) is 2. The van der Waals surface area contributed by atoms with Crippen LogP contribution in [0.3, 0.4) is 0 Å². The van der Waals surface area contributed by atoms with Crippen molar-refractivity contribution >= 4 is 0 Å². The number of aryl methyl sites for hydroxylation is 2. The summed E-state index contributed by atoms with van der Waals surface area (Å²) >= 11 is 0. The van der Waals surface area contributed by atoms with Gasteiger partial charge in [0, 0.05) is 17.0 Å². The third-order valence-electron chi connectivity index (χ3n) is 4.48. The van der Waals surface area contributed by atoms with Gasteiger partial charge in [0.05, 0.1) is 6.10 Å². The van der Waals surface area contributed by atoms with E-state index in [1.165, 1.54) is 25.7 Å². The van der Waals surface area contributed by atoms with Crippen molar-refractivity contribution < 1.29 is 5.11 Å². The van der Waals surface area contributed by atoms with Gasteiger partial charge in [-0.15, -0.1) is 0 Å². The highest BCUT2D eigenvalue weighted by molar-refractivity contribution is 5.24. The summed E-state index contributed by atoms with van der Waals surface area (Å²) in [4.78, 5) is 4.48. The van der Waals surface area contributed by atoms with Crippen LogP contribution in [0.15, 0.2) is 12.1 Å². The molecule has 1 aliphatic rings. The normalized spacial score (nSPS) is 26.0. The Bertz CT molecular complexity index is 402. The zero-order valence-electron chi connectivity index (χ0n) is 11.8. The summed E-state index contributed by atoms with van der Waals surface area (Å²) in [6.07, 6.45) is 5.87. The van der Waals surface area contributed by atoms with Gasteiger partial charge in [-0.1, -0.05) is 38.7 Å². The molecule has 1 fully saturated rings. The molecule has 1 saturated carbocycles. The SMILES string of the molecule is CCC1CCCCC1C(O)c1ccc(C)nc1C. The smallest absolute Gasteiger partial charge is 0.0838 e. The van der Waals surface area contributed by atoms with Gasteiger partial charge in [0.2, 0.25) is 0 Å². The van der Waals surface area contributed by atoms with E-state index in [1.54, 1.807) is 0 Å². The van der Waals surface area contributed by atoms with E-state index < -0.39 is 0 Å². The van der Waals surface area contributed by atoms with Gasteiger partial charge in [-0.3, -0.25) is 4.98 Å². The van der Waals surface area contributed by atoms with Gasteiger partial charge < -0.3 is 5.11 Å². The van der Waals surface area contributed by atoms with Crippen LogP contribution in [0.4, 0.5) is 0 Å². The van der Waals surface area contributed by atoms with Crippen molar-refractivity contribution in [2.75, 3.05) is 0 Å². The number of aliphatic hydroxyl groups excluding tert-OH is 1. The lowest BCUT2D eigenvalue weighted by Crippen LogP contribution is -2.26. The molecule has 0 amide bonds. The fourth-order valence-electron chi connectivity index (χ4n) is 3.40. The molecule has 1 N–H and O–H groups in total. The molecule has 1 aromatic heterocycles. The van der Waals surface area contributed by atoms with E-state index in [0.29, 0.717) is 11.8 Å². The molecule has 1 aliphatic carbocycles. The van der Waals surface area contributed by atoms with E-state index >= 15 is 0 Å². The van der Waals surface area contributed by atoms with Gasteiger partial charge in [0.25, 0.3) is 0 Å². The fourth-order valence-corrected chi connectivity index (χ4v) is 3.40. The van der Waals surface area contributed by atoms with Crippen molar-refractivity contribution in [1.29, 1.82) is 0 Å². The first kappa shape index (κ1) is 13.5. The second-order valence-corrected chi connectivity index (χ2v) is 5.69. The Kier molecular flexibility index (Phi) is 4.39. The lowest BCUT2D eigenvalue weighted by Gasteiger charge is -2.34. The Hall–Kier alpha value is -0.890. The largest absolute Gasteiger partial charge is 0.388 e. The van der Waals surface area contributed by atoms with E-state index in [2.05, 4.69) is 18.0 Å². The first-order valence-electron chi connectivity index (χ1n) is 7.25. The van der Waals surface area contributed by atoms with Gasteiger partial charge in [-0.25, -0.2) is 0 Å². The van der Waals surface area contributed by atoms with Crippen molar-refractivity contribution in [2.45, 2.75) is 59.0 Å². The number of aromatic nitrogens is 1. The molecular formula is C16H25NO. The molecule has 18 heavy (non-hydrogen) atoms. The number of aliphatic hydroxyl groups is 1. The summed E-state index contributed by atoms with van der Waals surface area (Å²) in [7, 11) is 0. The van der Waals surface area contributed by atoms with Crippen molar-refractivity contribution in [1.82, 2.24) is 4.98 Å². The summed E-state index contributed by atoms with van der Waals surface area (Å²) in [6, 6.07) is 4.07. The molecule has 3 atom stereocenters. The standard InChI is InChI=1S/C16H25NO/c1-4-13-7-5-6-8-15(13)16(18)14-10-9-11(2)17-12(14)3/h9-10,13,15-16,18H,4-8H2,1-3H3. The van der Waals surface area contributed by atoms with Crippen LogP contribution in [0, 0.1) is 25.7 Å². The predicted octanol–water partition coefficient (Wildman–Crippen LogP) is 3.95. The van der Waals surface area contributed by atoms with Crippen LogP contribution in [-0.2, 0) is 0 Å². The molecule has 0 saturated heterocycles. The average Bonchev–Trinajstić information content (AvgIpc) is 2.38. The van der Waals surface area contributed by atoms with Crippen LogP contribution in [0.25, 0.3) is 0 Å². The molecule has 0 bridgehead atoms. The zero-order chi connectivity index (χ0) is 13.1. The Morgan fingerprint density at radius 1 is 1.28 bits per heavy atom. The van der Waals surface area contributed by atoms with E-state index in [-0.39, 0.29) is 6.10 Å². The van der Waals surface area contributed by atoms with Gasteiger partial charge in [0.15, 0.2) is 0 Å². The summed E-state index contributed by atoms with van der Waals surface area (Å²) in [6.45, 7) is 6.25. The maximum Gasteiger partial charge on any atom is 0.0838 e. The minimum atomic E-state index is -0.330. The molecule has 0 aromatic carbocycles. The lowest BCUT2D eigenvalue weighted by atomic mass is 9.73. The van der Waals surface area contributed by atoms with Crippen LogP contribution in [0.1, 0.15) is 62.1 Å². The van der Waals surface area contributed by atoms with Gasteiger partial charge in [-0.2, -0.15) is 0 Å². The summed E-state index contributed by atoms with van der Waals surface area (Å²) < 4.78 is 0.